The molecule has 0 fully saturated rings. The Morgan fingerprint density at radius 2 is 0.279 bits per heavy atom. The zero-order valence-electron chi connectivity index (χ0n) is 42.8. The Hall–Kier alpha value is -0.0265. The van der Waals surface area contributed by atoms with Gasteiger partial charge in [0.2, 0.25) is 0 Å². The molecule has 0 unspecified atom stereocenters. The van der Waals surface area contributed by atoms with Gasteiger partial charge in [-0.2, -0.15) is 0 Å². The van der Waals surface area contributed by atoms with Crippen LogP contribution in [0.3, 0.4) is 0 Å². The molecule has 0 N–H and O–H groups in total. The zero-order valence-corrected chi connectivity index (χ0v) is 43.8. The van der Waals surface area contributed by atoms with Crippen molar-refractivity contribution >= 4 is 0 Å². The van der Waals surface area contributed by atoms with Gasteiger partial charge in [0, 0.05) is 0 Å². The molecule has 0 saturated heterocycles. The van der Waals surface area contributed by atoms with E-state index in [9.17, 15) is 0 Å². The standard InChI is InChI=1S/2C30H59.Ni/c2*1-3-5-7-9-11-13-15-17-19-21-23-25-27-29-30-28-26-24-22-20-18-16-14-12-10-8-6-4-2;/h2*1,3H,4-30H2,2H3;/q2*-1;+2. The summed E-state index contributed by atoms with van der Waals surface area (Å²) in [6.07, 6.45) is 81.6. The van der Waals surface area contributed by atoms with Crippen molar-refractivity contribution in [2.75, 3.05) is 0 Å². The Bertz CT molecular complexity index is 652. The molecule has 1 heteroatoms. The second-order valence-electron chi connectivity index (χ2n) is 19.7. The van der Waals surface area contributed by atoms with Crippen LogP contribution in [0.15, 0.2) is 12.2 Å². The molecule has 61 heavy (non-hydrogen) atoms. The predicted molar refractivity (Wildman–Crippen MR) is 278 cm³/mol. The van der Waals surface area contributed by atoms with Gasteiger partial charge in [-0.3, -0.25) is 12.2 Å². The molecule has 0 saturated carbocycles. The van der Waals surface area contributed by atoms with Crippen LogP contribution in [-0.2, 0) is 16.5 Å². The average Bonchev–Trinajstić information content (AvgIpc) is 3.26. The topological polar surface area (TPSA) is 0 Å². The van der Waals surface area contributed by atoms with Crippen molar-refractivity contribution in [3.05, 3.63) is 25.3 Å². The second-order valence-corrected chi connectivity index (χ2v) is 19.7. The van der Waals surface area contributed by atoms with E-state index in [2.05, 4.69) is 13.8 Å². The normalized spacial score (nSPS) is 11.0. The van der Waals surface area contributed by atoms with Crippen molar-refractivity contribution in [1.82, 2.24) is 0 Å². The largest absolute Gasteiger partial charge is 2.00 e. The first-order chi connectivity index (χ1) is 29.8. The summed E-state index contributed by atoms with van der Waals surface area (Å²) in [7, 11) is 0. The third kappa shape index (κ3) is 69.2. The van der Waals surface area contributed by atoms with Crippen molar-refractivity contribution in [1.29, 1.82) is 0 Å². The van der Waals surface area contributed by atoms with Crippen LogP contribution in [0.5, 0.6) is 0 Å². The number of unbranched alkanes of at least 4 members (excludes halogenated alkanes) is 52. The Labute approximate surface area is 400 Å². The SMILES string of the molecule is [CH-]=CCCCCCCCCCCCCCCCCCCCCCCCCCCCC.[CH-]=CCCCCCCCCCCCCCCCCCCCCCCCCCCCC.[Ni+2]. The van der Waals surface area contributed by atoms with Crippen LogP contribution in [0.1, 0.15) is 361 Å². The van der Waals surface area contributed by atoms with Crippen molar-refractivity contribution < 1.29 is 16.5 Å². The number of hydrogen-bond acceptors (Lipinski definition) is 0. The summed E-state index contributed by atoms with van der Waals surface area (Å²) < 4.78 is 0. The summed E-state index contributed by atoms with van der Waals surface area (Å²) in [4.78, 5) is 0. The molecular formula is C60H118Ni. The van der Waals surface area contributed by atoms with Crippen molar-refractivity contribution in [2.45, 2.75) is 361 Å². The van der Waals surface area contributed by atoms with E-state index in [0.717, 1.165) is 12.8 Å². The first-order valence-electron chi connectivity index (χ1n) is 28.9. The Kier molecular flexibility index (Phi) is 71.2. The molecule has 0 amide bonds. The van der Waals surface area contributed by atoms with Crippen LogP contribution in [0.2, 0.25) is 0 Å². The van der Waals surface area contributed by atoms with E-state index in [1.807, 2.05) is 0 Å². The molecule has 0 aliphatic carbocycles. The summed E-state index contributed by atoms with van der Waals surface area (Å²) in [6, 6.07) is 0. The minimum Gasteiger partial charge on any atom is -0.518 e. The fourth-order valence-corrected chi connectivity index (χ4v) is 9.16. The quantitative estimate of drug-likeness (QED) is 0.0324. The summed E-state index contributed by atoms with van der Waals surface area (Å²) in [5.74, 6) is 0. The van der Waals surface area contributed by atoms with Crippen LogP contribution in [0, 0.1) is 13.2 Å². The maximum Gasteiger partial charge on any atom is 2.00 e. The smallest absolute Gasteiger partial charge is 0.518 e. The number of allylic oxidation sites excluding steroid dienone is 2. The minimum absolute atomic E-state index is 0. The van der Waals surface area contributed by atoms with Gasteiger partial charge in [-0.05, 0) is 0 Å². The Morgan fingerprint density at radius 1 is 0.180 bits per heavy atom. The van der Waals surface area contributed by atoms with E-state index >= 15 is 0 Å². The molecule has 368 valence electrons. The van der Waals surface area contributed by atoms with Crippen LogP contribution in [0.4, 0.5) is 0 Å². The van der Waals surface area contributed by atoms with E-state index in [-0.39, 0.29) is 16.5 Å². The van der Waals surface area contributed by atoms with Crippen LogP contribution in [0.25, 0.3) is 0 Å². The fraction of sp³-hybridized carbons (Fsp3) is 0.933. The molecule has 0 nitrogen and oxygen atoms in total. The Balaban J connectivity index is -0.00000109. The first-order valence-corrected chi connectivity index (χ1v) is 28.9. The minimum atomic E-state index is 0. The summed E-state index contributed by atoms with van der Waals surface area (Å²) in [5.41, 5.74) is 0. The van der Waals surface area contributed by atoms with Gasteiger partial charge in [0.15, 0.2) is 0 Å². The molecule has 0 aromatic heterocycles. The second kappa shape index (κ2) is 66.6. The molecule has 0 rings (SSSR count). The third-order valence-electron chi connectivity index (χ3n) is 13.4. The van der Waals surface area contributed by atoms with Gasteiger partial charge in [-0.1, -0.05) is 361 Å². The summed E-state index contributed by atoms with van der Waals surface area (Å²) in [6.45, 7) is 15.4. The van der Waals surface area contributed by atoms with Gasteiger partial charge in [0.05, 0.1) is 0 Å². The van der Waals surface area contributed by atoms with E-state index in [1.54, 1.807) is 12.2 Å². The van der Waals surface area contributed by atoms with Gasteiger partial charge in [-0.25, -0.2) is 0 Å². The molecule has 0 heterocycles. The number of rotatable bonds is 54. The fourth-order valence-electron chi connectivity index (χ4n) is 9.16. The van der Waals surface area contributed by atoms with Gasteiger partial charge < -0.3 is 13.2 Å². The molecule has 0 atom stereocenters. The van der Waals surface area contributed by atoms with Crippen LogP contribution < -0.4 is 0 Å². The maximum absolute atomic E-state index is 5.40. The van der Waals surface area contributed by atoms with Gasteiger partial charge >= 0.3 is 16.5 Å². The summed E-state index contributed by atoms with van der Waals surface area (Å²) in [5, 5.41) is 0. The average molecular weight is 898 g/mol. The number of hydrogen-bond donors (Lipinski definition) is 0. The van der Waals surface area contributed by atoms with Gasteiger partial charge in [0.1, 0.15) is 0 Å². The van der Waals surface area contributed by atoms with Crippen LogP contribution in [-0.4, -0.2) is 0 Å². The summed E-state index contributed by atoms with van der Waals surface area (Å²) >= 11 is 0. The van der Waals surface area contributed by atoms with Crippen LogP contribution >= 0.6 is 0 Å². The molecule has 0 aliphatic rings. The van der Waals surface area contributed by atoms with Crippen molar-refractivity contribution in [3.63, 3.8) is 0 Å². The van der Waals surface area contributed by atoms with Gasteiger partial charge in [-0.15, -0.1) is 0 Å². The van der Waals surface area contributed by atoms with Crippen molar-refractivity contribution in [2.24, 2.45) is 0 Å². The van der Waals surface area contributed by atoms with E-state index in [1.165, 1.54) is 334 Å². The molecule has 0 aliphatic heterocycles. The molecule has 0 spiro atoms. The van der Waals surface area contributed by atoms with Gasteiger partial charge in [0.25, 0.3) is 0 Å². The Morgan fingerprint density at radius 3 is 0.377 bits per heavy atom. The monoisotopic (exact) mass is 897 g/mol. The first kappa shape index (κ1) is 65.3. The van der Waals surface area contributed by atoms with Crippen molar-refractivity contribution in [3.8, 4) is 0 Å². The van der Waals surface area contributed by atoms with E-state index < -0.39 is 0 Å². The van der Waals surface area contributed by atoms with E-state index in [0.29, 0.717) is 0 Å². The van der Waals surface area contributed by atoms with E-state index in [4.69, 9.17) is 13.2 Å². The third-order valence-corrected chi connectivity index (χ3v) is 13.4. The molecule has 0 bridgehead atoms. The molecule has 0 aromatic rings. The molecule has 0 aromatic carbocycles. The molecular weight excluding hydrogens is 779 g/mol. The maximum atomic E-state index is 5.40. The predicted octanol–water partition coefficient (Wildman–Crippen LogP) is 23.1. The molecule has 0 radical (unpaired) electrons. The zero-order chi connectivity index (χ0) is 43.6.